The Labute approximate surface area is 191 Å². The van der Waals surface area contributed by atoms with E-state index in [9.17, 15) is 14.7 Å². The van der Waals surface area contributed by atoms with Crippen molar-refractivity contribution in [3.8, 4) is 0 Å². The maximum Gasteiger partial charge on any atom is 0.290 e. The monoisotopic (exact) mass is 447 g/mol. The first-order valence-corrected chi connectivity index (χ1v) is 11.1. The van der Waals surface area contributed by atoms with Crippen LogP contribution in [0.1, 0.15) is 28.6 Å². The lowest BCUT2D eigenvalue weighted by molar-refractivity contribution is -0.129. The summed E-state index contributed by atoms with van der Waals surface area (Å²) in [4.78, 5) is 34.5. The molecule has 33 heavy (non-hydrogen) atoms. The number of furan rings is 1. The number of amides is 1. The maximum atomic E-state index is 13.5. The molecular formula is C25H25N3O5. The second-order valence-electron chi connectivity index (χ2n) is 8.23. The van der Waals surface area contributed by atoms with Gasteiger partial charge in [0.05, 0.1) is 24.8 Å². The Morgan fingerprint density at radius 3 is 2.61 bits per heavy atom. The van der Waals surface area contributed by atoms with Crippen molar-refractivity contribution in [3.63, 3.8) is 0 Å². The second-order valence-corrected chi connectivity index (χ2v) is 8.23. The molecule has 2 aromatic heterocycles. The molecule has 8 heteroatoms. The number of carbonyl (C=O) groups is 2. The number of Topliss-reactive ketones (excluding diaryl/α,β-unsaturated/α-hetero) is 1. The van der Waals surface area contributed by atoms with Crippen molar-refractivity contribution >= 4 is 22.7 Å². The lowest BCUT2D eigenvalue weighted by Crippen LogP contribution is -2.39. The van der Waals surface area contributed by atoms with Crippen molar-refractivity contribution in [2.45, 2.75) is 12.5 Å². The van der Waals surface area contributed by atoms with Gasteiger partial charge in [0.15, 0.2) is 11.5 Å². The summed E-state index contributed by atoms with van der Waals surface area (Å²) < 4.78 is 11.1. The minimum Gasteiger partial charge on any atom is -0.503 e. The van der Waals surface area contributed by atoms with Gasteiger partial charge in [-0.05, 0) is 36.2 Å². The van der Waals surface area contributed by atoms with Crippen molar-refractivity contribution in [2.75, 3.05) is 39.4 Å². The number of nitrogens with zero attached hydrogens (tertiary/aromatic N) is 3. The summed E-state index contributed by atoms with van der Waals surface area (Å²) in [6, 6.07) is 11.8. The summed E-state index contributed by atoms with van der Waals surface area (Å²) in [5.74, 6) is -1.46. The fourth-order valence-electron chi connectivity index (χ4n) is 4.52. The van der Waals surface area contributed by atoms with E-state index in [0.717, 1.165) is 25.0 Å². The molecular weight excluding hydrogens is 422 g/mol. The van der Waals surface area contributed by atoms with Crippen molar-refractivity contribution < 1.29 is 23.8 Å². The number of rotatable bonds is 7. The van der Waals surface area contributed by atoms with E-state index in [0.29, 0.717) is 37.3 Å². The van der Waals surface area contributed by atoms with E-state index in [2.05, 4.69) is 9.88 Å². The number of pyridine rings is 1. The molecule has 4 heterocycles. The third-order valence-electron chi connectivity index (χ3n) is 6.20. The Kier molecular flexibility index (Phi) is 5.93. The Bertz CT molecular complexity index is 1160. The molecule has 1 aromatic carbocycles. The van der Waals surface area contributed by atoms with Crippen LogP contribution in [0.15, 0.2) is 70.6 Å². The van der Waals surface area contributed by atoms with E-state index in [1.807, 2.05) is 18.2 Å². The second kappa shape index (κ2) is 9.17. The van der Waals surface area contributed by atoms with Gasteiger partial charge < -0.3 is 19.2 Å². The molecule has 170 valence electrons. The van der Waals surface area contributed by atoms with Gasteiger partial charge in [-0.25, -0.2) is 0 Å². The first-order chi connectivity index (χ1) is 16.1. The van der Waals surface area contributed by atoms with Crippen LogP contribution >= 0.6 is 0 Å². The summed E-state index contributed by atoms with van der Waals surface area (Å²) in [7, 11) is 0. The lowest BCUT2D eigenvalue weighted by atomic mass is 9.95. The van der Waals surface area contributed by atoms with Gasteiger partial charge in [-0.2, -0.15) is 0 Å². The third kappa shape index (κ3) is 4.15. The van der Waals surface area contributed by atoms with Crippen LogP contribution in [0.25, 0.3) is 11.0 Å². The summed E-state index contributed by atoms with van der Waals surface area (Å²) in [6.45, 7) is 4.36. The molecule has 2 aliphatic heterocycles. The minimum absolute atomic E-state index is 0.0385. The average Bonchev–Trinajstić information content (AvgIpc) is 3.40. The Balaban J connectivity index is 1.43. The number of para-hydroxylation sites is 1. The molecule has 1 fully saturated rings. The van der Waals surface area contributed by atoms with Crippen LogP contribution in [0, 0.1) is 0 Å². The highest BCUT2D eigenvalue weighted by atomic mass is 16.5. The van der Waals surface area contributed by atoms with E-state index < -0.39 is 23.5 Å². The van der Waals surface area contributed by atoms with E-state index in [4.69, 9.17) is 9.15 Å². The molecule has 8 nitrogen and oxygen atoms in total. The van der Waals surface area contributed by atoms with E-state index in [1.54, 1.807) is 41.6 Å². The quantitative estimate of drug-likeness (QED) is 0.556. The van der Waals surface area contributed by atoms with Gasteiger partial charge in [-0.15, -0.1) is 0 Å². The standard InChI is InChI=1S/C25H25N3O5/c29-23(20-16-18-4-1-2-5-19(18)33-20)21-22(17-6-8-26-9-7-17)28(25(31)24(21)30)11-3-10-27-12-14-32-15-13-27/h1-2,4-9,16,22,30H,3,10-15H2/t22-/m0/s1. The molecule has 0 saturated carbocycles. The molecule has 1 saturated heterocycles. The van der Waals surface area contributed by atoms with E-state index in [-0.39, 0.29) is 11.3 Å². The Morgan fingerprint density at radius 2 is 1.85 bits per heavy atom. The number of ether oxygens (including phenoxy) is 1. The number of fused-ring (bicyclic) bond motifs is 1. The van der Waals surface area contributed by atoms with Gasteiger partial charge in [-0.3, -0.25) is 19.5 Å². The molecule has 3 aromatic rings. The minimum atomic E-state index is -0.703. The van der Waals surface area contributed by atoms with E-state index >= 15 is 0 Å². The number of aliphatic hydroxyl groups is 1. The molecule has 0 unspecified atom stereocenters. The lowest BCUT2D eigenvalue weighted by Gasteiger charge is -2.29. The normalized spacial score (nSPS) is 19.6. The number of morpholine rings is 1. The number of aliphatic hydroxyl groups excluding tert-OH is 1. The SMILES string of the molecule is O=C(C1=C(O)C(=O)N(CCCN2CCOCC2)[C@H]1c1ccncc1)c1cc2ccccc2o1. The molecule has 0 aliphatic carbocycles. The third-order valence-corrected chi connectivity index (χ3v) is 6.20. The van der Waals surface area contributed by atoms with E-state index in [1.165, 1.54) is 0 Å². The molecule has 0 spiro atoms. The zero-order chi connectivity index (χ0) is 22.8. The van der Waals surface area contributed by atoms with Crippen LogP contribution in [0.5, 0.6) is 0 Å². The molecule has 1 amide bonds. The smallest absolute Gasteiger partial charge is 0.290 e. The number of hydrogen-bond acceptors (Lipinski definition) is 7. The zero-order valence-corrected chi connectivity index (χ0v) is 18.1. The highest BCUT2D eigenvalue weighted by molar-refractivity contribution is 6.16. The summed E-state index contributed by atoms with van der Waals surface area (Å²) in [6.07, 6.45) is 3.95. The molecule has 2 aliphatic rings. The van der Waals surface area contributed by atoms with Crippen LogP contribution < -0.4 is 0 Å². The van der Waals surface area contributed by atoms with Gasteiger partial charge >= 0.3 is 0 Å². The van der Waals surface area contributed by atoms with Crippen molar-refractivity contribution in [1.29, 1.82) is 0 Å². The number of carbonyl (C=O) groups excluding carboxylic acids is 2. The van der Waals surface area contributed by atoms with Crippen LogP contribution in [-0.4, -0.2) is 71.0 Å². The van der Waals surface area contributed by atoms with Crippen LogP contribution in [0.4, 0.5) is 0 Å². The highest BCUT2D eigenvalue weighted by Gasteiger charge is 2.44. The number of hydrogen-bond donors (Lipinski definition) is 1. The number of ketones is 1. The van der Waals surface area contributed by atoms with Crippen molar-refractivity contribution in [3.05, 3.63) is 77.5 Å². The molecule has 1 atom stereocenters. The fourth-order valence-corrected chi connectivity index (χ4v) is 4.52. The molecule has 0 bridgehead atoms. The molecule has 1 N–H and O–H groups in total. The predicted octanol–water partition coefficient (Wildman–Crippen LogP) is 3.13. The summed E-state index contributed by atoms with van der Waals surface area (Å²) >= 11 is 0. The first kappa shape index (κ1) is 21.4. The first-order valence-electron chi connectivity index (χ1n) is 11.1. The average molecular weight is 447 g/mol. The predicted molar refractivity (Wildman–Crippen MR) is 121 cm³/mol. The fraction of sp³-hybridized carbons (Fsp3) is 0.320. The summed E-state index contributed by atoms with van der Waals surface area (Å²) in [5, 5.41) is 11.6. The largest absolute Gasteiger partial charge is 0.503 e. The van der Waals surface area contributed by atoms with Crippen molar-refractivity contribution in [1.82, 2.24) is 14.8 Å². The Morgan fingerprint density at radius 1 is 1.09 bits per heavy atom. The van der Waals surface area contributed by atoms with Crippen LogP contribution in [0.3, 0.4) is 0 Å². The Hall–Kier alpha value is -3.49. The molecule has 0 radical (unpaired) electrons. The van der Waals surface area contributed by atoms with Gasteiger partial charge in [0.2, 0.25) is 5.78 Å². The van der Waals surface area contributed by atoms with Gasteiger partial charge in [-0.1, -0.05) is 18.2 Å². The van der Waals surface area contributed by atoms with Crippen LogP contribution in [-0.2, 0) is 9.53 Å². The molecule has 5 rings (SSSR count). The number of aromatic nitrogens is 1. The number of benzene rings is 1. The highest BCUT2D eigenvalue weighted by Crippen LogP contribution is 2.39. The summed E-state index contributed by atoms with van der Waals surface area (Å²) in [5.41, 5.74) is 1.33. The van der Waals surface area contributed by atoms with Crippen molar-refractivity contribution in [2.24, 2.45) is 0 Å². The topological polar surface area (TPSA) is 96.1 Å². The maximum absolute atomic E-state index is 13.5. The van der Waals surface area contributed by atoms with Gasteiger partial charge in [0.25, 0.3) is 5.91 Å². The van der Waals surface area contributed by atoms with Gasteiger partial charge in [0.1, 0.15) is 5.58 Å². The van der Waals surface area contributed by atoms with Gasteiger partial charge in [0, 0.05) is 44.0 Å². The zero-order valence-electron chi connectivity index (χ0n) is 18.1. The van der Waals surface area contributed by atoms with Crippen LogP contribution in [0.2, 0.25) is 0 Å².